The summed E-state index contributed by atoms with van der Waals surface area (Å²) in [6, 6.07) is 10.8. The Hall–Kier alpha value is -1.63. The minimum absolute atomic E-state index is 0.0987. The van der Waals surface area contributed by atoms with Crippen LogP contribution < -0.4 is 10.6 Å². The lowest BCUT2D eigenvalue weighted by Crippen LogP contribution is -2.48. The zero-order chi connectivity index (χ0) is 19.5. The van der Waals surface area contributed by atoms with Gasteiger partial charge in [-0.25, -0.2) is 0 Å². The molecule has 2 aliphatic rings. The van der Waals surface area contributed by atoms with Crippen LogP contribution in [0.3, 0.4) is 0 Å². The fourth-order valence-corrected chi connectivity index (χ4v) is 3.97. The second kappa shape index (κ2) is 11.4. The fourth-order valence-electron chi connectivity index (χ4n) is 3.97. The number of hydrogen-bond donors (Lipinski definition) is 2. The molecule has 0 bridgehead atoms. The molecule has 1 aromatic carbocycles. The number of nitrogens with zero attached hydrogens (tertiary/aromatic N) is 1. The van der Waals surface area contributed by atoms with E-state index in [-0.39, 0.29) is 5.41 Å². The molecule has 0 aliphatic carbocycles. The topological polar surface area (TPSA) is 64.1 Å². The highest BCUT2D eigenvalue weighted by Gasteiger charge is 2.34. The normalized spacial score (nSPS) is 22.2. The standard InChI is InChI=1S/C22H35N3O3/c1-23-21(24-12-6-13-27-17-20-9-5-14-28-20)25-18-22(10-15-26-16-11-22)19-7-3-2-4-8-19/h2-4,7-8,20H,5-6,9-18H2,1H3,(H2,23,24,25). The molecular weight excluding hydrogens is 354 g/mol. The summed E-state index contributed by atoms with van der Waals surface area (Å²) in [5.74, 6) is 0.848. The van der Waals surface area contributed by atoms with Crippen LogP contribution in [0.1, 0.15) is 37.7 Å². The van der Waals surface area contributed by atoms with Gasteiger partial charge in [-0.15, -0.1) is 0 Å². The van der Waals surface area contributed by atoms with Crippen LogP contribution in [0.2, 0.25) is 0 Å². The lowest BCUT2D eigenvalue weighted by molar-refractivity contribution is 0.0168. The van der Waals surface area contributed by atoms with Gasteiger partial charge in [-0.05, 0) is 37.7 Å². The minimum Gasteiger partial charge on any atom is -0.381 e. The second-order valence-electron chi connectivity index (χ2n) is 7.67. The van der Waals surface area contributed by atoms with Crippen molar-refractivity contribution in [1.82, 2.24) is 10.6 Å². The number of ether oxygens (including phenoxy) is 3. The number of benzene rings is 1. The molecule has 2 N–H and O–H groups in total. The quantitative estimate of drug-likeness (QED) is 0.386. The third-order valence-electron chi connectivity index (χ3n) is 5.74. The smallest absolute Gasteiger partial charge is 0.191 e. The molecule has 28 heavy (non-hydrogen) atoms. The molecule has 2 saturated heterocycles. The summed E-state index contributed by atoms with van der Waals surface area (Å²) in [4.78, 5) is 4.38. The van der Waals surface area contributed by atoms with Crippen LogP contribution >= 0.6 is 0 Å². The molecule has 1 unspecified atom stereocenters. The van der Waals surface area contributed by atoms with Crippen LogP contribution in [0.15, 0.2) is 35.3 Å². The molecule has 0 radical (unpaired) electrons. The summed E-state index contributed by atoms with van der Waals surface area (Å²) in [6.45, 7) is 5.66. The summed E-state index contributed by atoms with van der Waals surface area (Å²) in [7, 11) is 1.82. The van der Waals surface area contributed by atoms with Gasteiger partial charge in [-0.1, -0.05) is 30.3 Å². The van der Waals surface area contributed by atoms with Crippen LogP contribution in [-0.2, 0) is 19.6 Å². The highest BCUT2D eigenvalue weighted by molar-refractivity contribution is 5.79. The molecule has 2 aliphatic heterocycles. The lowest BCUT2D eigenvalue weighted by Gasteiger charge is -2.38. The minimum atomic E-state index is 0.0987. The van der Waals surface area contributed by atoms with Crippen molar-refractivity contribution < 1.29 is 14.2 Å². The van der Waals surface area contributed by atoms with Gasteiger partial charge in [0.05, 0.1) is 12.7 Å². The van der Waals surface area contributed by atoms with E-state index in [0.29, 0.717) is 12.7 Å². The first-order valence-electron chi connectivity index (χ1n) is 10.6. The van der Waals surface area contributed by atoms with Crippen molar-refractivity contribution in [2.45, 2.75) is 43.6 Å². The average Bonchev–Trinajstić information content (AvgIpc) is 3.27. The van der Waals surface area contributed by atoms with E-state index in [1.165, 1.54) is 5.56 Å². The Bertz CT molecular complexity index is 582. The second-order valence-corrected chi connectivity index (χ2v) is 7.67. The number of aliphatic imine (C=N–C) groups is 1. The molecule has 2 fully saturated rings. The molecule has 0 saturated carbocycles. The summed E-state index contributed by atoms with van der Waals surface area (Å²) in [5, 5.41) is 6.94. The highest BCUT2D eigenvalue weighted by atomic mass is 16.5. The SMILES string of the molecule is CN=C(NCCCOCC1CCCO1)NCC1(c2ccccc2)CCOCC1. The van der Waals surface area contributed by atoms with Gasteiger partial charge in [0.15, 0.2) is 5.96 Å². The maximum atomic E-state index is 5.72. The molecule has 1 atom stereocenters. The average molecular weight is 390 g/mol. The Kier molecular flexibility index (Phi) is 8.58. The van der Waals surface area contributed by atoms with Crippen LogP contribution in [0, 0.1) is 0 Å². The number of hydrogen-bond acceptors (Lipinski definition) is 4. The van der Waals surface area contributed by atoms with E-state index in [4.69, 9.17) is 14.2 Å². The van der Waals surface area contributed by atoms with Crippen LogP contribution in [0.25, 0.3) is 0 Å². The Morgan fingerprint density at radius 2 is 2.00 bits per heavy atom. The molecule has 0 aromatic heterocycles. The van der Waals surface area contributed by atoms with E-state index in [2.05, 4.69) is 46.0 Å². The van der Waals surface area contributed by atoms with Crippen molar-refractivity contribution >= 4 is 5.96 Å². The predicted molar refractivity (Wildman–Crippen MR) is 112 cm³/mol. The summed E-state index contributed by atoms with van der Waals surface area (Å²) in [6.07, 6.45) is 5.59. The first-order chi connectivity index (χ1) is 13.8. The van der Waals surface area contributed by atoms with Crippen molar-refractivity contribution in [3.8, 4) is 0 Å². The van der Waals surface area contributed by atoms with E-state index in [1.54, 1.807) is 0 Å². The number of guanidine groups is 1. The van der Waals surface area contributed by atoms with Gasteiger partial charge in [0.1, 0.15) is 0 Å². The Labute approximate surface area is 169 Å². The van der Waals surface area contributed by atoms with Crippen molar-refractivity contribution in [1.29, 1.82) is 0 Å². The summed E-state index contributed by atoms with van der Waals surface area (Å²) < 4.78 is 16.9. The third kappa shape index (κ3) is 6.19. The monoisotopic (exact) mass is 389 g/mol. The van der Waals surface area contributed by atoms with E-state index < -0.39 is 0 Å². The molecule has 0 spiro atoms. The van der Waals surface area contributed by atoms with E-state index >= 15 is 0 Å². The summed E-state index contributed by atoms with van der Waals surface area (Å²) in [5.41, 5.74) is 1.48. The first kappa shape index (κ1) is 21.1. The van der Waals surface area contributed by atoms with Crippen molar-refractivity contribution in [2.75, 3.05) is 53.2 Å². The van der Waals surface area contributed by atoms with Gasteiger partial charge in [0.2, 0.25) is 0 Å². The van der Waals surface area contributed by atoms with Crippen molar-refractivity contribution in [3.63, 3.8) is 0 Å². The van der Waals surface area contributed by atoms with Crippen molar-refractivity contribution in [2.24, 2.45) is 4.99 Å². The third-order valence-corrected chi connectivity index (χ3v) is 5.74. The zero-order valence-electron chi connectivity index (χ0n) is 17.1. The Morgan fingerprint density at radius 3 is 2.71 bits per heavy atom. The van der Waals surface area contributed by atoms with E-state index in [1.807, 2.05) is 7.05 Å². The van der Waals surface area contributed by atoms with Gasteiger partial charge in [-0.3, -0.25) is 4.99 Å². The Balaban J connectivity index is 1.39. The Morgan fingerprint density at radius 1 is 1.18 bits per heavy atom. The van der Waals surface area contributed by atoms with E-state index in [0.717, 1.165) is 77.6 Å². The molecule has 3 rings (SSSR count). The summed E-state index contributed by atoms with van der Waals surface area (Å²) >= 11 is 0. The van der Waals surface area contributed by atoms with Crippen molar-refractivity contribution in [3.05, 3.63) is 35.9 Å². The van der Waals surface area contributed by atoms with Gasteiger partial charge in [0, 0.05) is 52.0 Å². The zero-order valence-corrected chi connectivity index (χ0v) is 17.1. The van der Waals surface area contributed by atoms with Crippen LogP contribution in [0.5, 0.6) is 0 Å². The molecule has 6 heteroatoms. The van der Waals surface area contributed by atoms with Gasteiger partial charge >= 0.3 is 0 Å². The lowest BCUT2D eigenvalue weighted by atomic mass is 9.74. The van der Waals surface area contributed by atoms with Gasteiger partial charge in [0.25, 0.3) is 0 Å². The highest BCUT2D eigenvalue weighted by Crippen LogP contribution is 2.34. The molecule has 156 valence electrons. The maximum Gasteiger partial charge on any atom is 0.191 e. The first-order valence-corrected chi connectivity index (χ1v) is 10.6. The molecule has 1 aromatic rings. The molecule has 6 nitrogen and oxygen atoms in total. The molecular formula is C22H35N3O3. The largest absolute Gasteiger partial charge is 0.381 e. The fraction of sp³-hybridized carbons (Fsp3) is 0.682. The van der Waals surface area contributed by atoms with Crippen LogP contribution in [-0.4, -0.2) is 65.2 Å². The molecule has 2 heterocycles. The van der Waals surface area contributed by atoms with Gasteiger partial charge in [-0.2, -0.15) is 0 Å². The number of rotatable bonds is 9. The van der Waals surface area contributed by atoms with E-state index in [9.17, 15) is 0 Å². The number of nitrogens with one attached hydrogen (secondary N) is 2. The van der Waals surface area contributed by atoms with Crippen LogP contribution in [0.4, 0.5) is 0 Å². The maximum absolute atomic E-state index is 5.72. The predicted octanol–water partition coefficient (Wildman–Crippen LogP) is 2.49. The van der Waals surface area contributed by atoms with Gasteiger partial charge < -0.3 is 24.8 Å². The molecule has 0 amide bonds.